The molecule has 1 aromatic rings. The summed E-state index contributed by atoms with van der Waals surface area (Å²) in [6.45, 7) is -2.32. The highest BCUT2D eigenvalue weighted by atomic mass is 19.4. The smallest absolute Gasteiger partial charge is 0.412 e. The molecule has 0 aliphatic heterocycles. The van der Waals surface area contributed by atoms with Crippen LogP contribution in [0.25, 0.3) is 0 Å². The third-order valence-corrected chi connectivity index (χ3v) is 1.75. The zero-order valence-corrected chi connectivity index (χ0v) is 9.12. The first-order valence-electron chi connectivity index (χ1n) is 4.28. The van der Waals surface area contributed by atoms with E-state index in [2.05, 4.69) is 9.39 Å². The molecule has 0 saturated carbocycles. The number of hydrogen-bond acceptors (Lipinski definition) is 2. The maximum Gasteiger partial charge on any atom is 0.454 e. The third kappa shape index (κ3) is 5.69. The second-order valence-electron chi connectivity index (χ2n) is 2.91. The average molecular weight is 254 g/mol. The van der Waals surface area contributed by atoms with Crippen LogP contribution in [-0.4, -0.2) is 37.8 Å². The molecule has 0 amide bonds. The Morgan fingerprint density at radius 3 is 2.06 bits per heavy atom. The van der Waals surface area contributed by atoms with Gasteiger partial charge < -0.3 is 20.3 Å². The molecule has 4 N–H and O–H groups in total. The molecule has 98 valence electrons. The minimum absolute atomic E-state index is 0. The zero-order chi connectivity index (χ0) is 11.3. The van der Waals surface area contributed by atoms with Crippen molar-refractivity contribution < 1.29 is 33.5 Å². The topological polar surface area (TPSA) is 81.5 Å². The van der Waals surface area contributed by atoms with Crippen molar-refractivity contribution in [2.45, 2.75) is 6.08 Å². The van der Waals surface area contributed by atoms with Crippen LogP contribution in [-0.2, 0) is 9.39 Å². The molecule has 0 bridgehead atoms. The average Bonchev–Trinajstić information content (AvgIpc) is 2.18. The lowest BCUT2D eigenvalue weighted by atomic mass is 9.60. The predicted molar refractivity (Wildman–Crippen MR) is 58.1 cm³/mol. The van der Waals surface area contributed by atoms with Gasteiger partial charge >= 0.3 is 13.0 Å². The van der Waals surface area contributed by atoms with Crippen molar-refractivity contribution in [3.05, 3.63) is 30.3 Å². The van der Waals surface area contributed by atoms with E-state index in [1.54, 1.807) is 6.07 Å². The van der Waals surface area contributed by atoms with Gasteiger partial charge in [0, 0.05) is 7.11 Å². The van der Waals surface area contributed by atoms with Gasteiger partial charge in [-0.05, 0) is 5.46 Å². The van der Waals surface area contributed by atoms with Crippen LogP contribution in [0.15, 0.2) is 30.3 Å². The first-order valence-corrected chi connectivity index (χ1v) is 4.28. The van der Waals surface area contributed by atoms with Gasteiger partial charge in [-0.1, -0.05) is 30.3 Å². The van der Waals surface area contributed by atoms with E-state index >= 15 is 0 Å². The molecule has 4 nitrogen and oxygen atoms in total. The minimum Gasteiger partial charge on any atom is -0.412 e. The lowest BCUT2D eigenvalue weighted by molar-refractivity contribution is -0.0744. The summed E-state index contributed by atoms with van der Waals surface area (Å²) in [6, 6.07) is 7.45. The molecular formula is C9H14BF3O4. The van der Waals surface area contributed by atoms with Crippen molar-refractivity contribution in [3.8, 4) is 0 Å². The first kappa shape index (κ1) is 18.3. The SMILES string of the molecule is COCOB(c1ccccc1)C(F)(F)F.O.O. The summed E-state index contributed by atoms with van der Waals surface area (Å²) in [4.78, 5) is 0. The van der Waals surface area contributed by atoms with Crippen LogP contribution in [0.1, 0.15) is 0 Å². The molecule has 0 unspecified atom stereocenters. The second-order valence-corrected chi connectivity index (χ2v) is 2.91. The van der Waals surface area contributed by atoms with Crippen LogP contribution in [0.3, 0.4) is 0 Å². The van der Waals surface area contributed by atoms with Crippen molar-refractivity contribution in [2.24, 2.45) is 0 Å². The van der Waals surface area contributed by atoms with Crippen LogP contribution in [0.5, 0.6) is 0 Å². The Morgan fingerprint density at radius 1 is 1.12 bits per heavy atom. The molecule has 0 aliphatic rings. The van der Waals surface area contributed by atoms with Crippen LogP contribution >= 0.6 is 0 Å². The van der Waals surface area contributed by atoms with E-state index in [0.29, 0.717) is 0 Å². The van der Waals surface area contributed by atoms with E-state index in [0.717, 1.165) is 0 Å². The van der Waals surface area contributed by atoms with Crippen molar-refractivity contribution in [1.29, 1.82) is 0 Å². The van der Waals surface area contributed by atoms with Crippen LogP contribution in [0.2, 0.25) is 0 Å². The van der Waals surface area contributed by atoms with Gasteiger partial charge in [-0.2, -0.15) is 13.2 Å². The molecule has 0 saturated heterocycles. The fraction of sp³-hybridized carbons (Fsp3) is 0.333. The van der Waals surface area contributed by atoms with Crippen molar-refractivity contribution in [3.63, 3.8) is 0 Å². The maximum atomic E-state index is 12.5. The van der Waals surface area contributed by atoms with Gasteiger partial charge in [-0.15, -0.1) is 0 Å². The Kier molecular flexibility index (Phi) is 8.68. The summed E-state index contributed by atoms with van der Waals surface area (Å²) < 4.78 is 46.7. The highest BCUT2D eigenvalue weighted by molar-refractivity contribution is 6.69. The van der Waals surface area contributed by atoms with E-state index < -0.39 is 13.0 Å². The molecule has 0 radical (unpaired) electrons. The Bertz CT molecular complexity index is 294. The number of rotatable bonds is 4. The summed E-state index contributed by atoms with van der Waals surface area (Å²) in [5.74, 6) is 0. The molecule has 1 rings (SSSR count). The normalized spacial score (nSPS) is 10.1. The Labute approximate surface area is 97.1 Å². The molecule has 8 heteroatoms. The van der Waals surface area contributed by atoms with Gasteiger partial charge in [0.05, 0.1) is 0 Å². The second kappa shape index (κ2) is 8.07. The van der Waals surface area contributed by atoms with Crippen LogP contribution in [0, 0.1) is 0 Å². The minimum atomic E-state index is -4.43. The Morgan fingerprint density at radius 2 is 1.65 bits per heavy atom. The van der Waals surface area contributed by atoms with Gasteiger partial charge in [-0.25, -0.2) is 0 Å². The summed E-state index contributed by atoms with van der Waals surface area (Å²) in [5.41, 5.74) is 0.0713. The third-order valence-electron chi connectivity index (χ3n) is 1.75. The standard InChI is InChI=1S/C9H10BF3O2.2H2O/c1-14-7-15-10(9(11,12)13)8-5-3-2-4-6-8;;/h2-6H,7H2,1H3;2*1H2. The first-order chi connectivity index (χ1) is 7.05. The van der Waals surface area contributed by atoms with Crippen LogP contribution < -0.4 is 5.46 Å². The lowest BCUT2D eigenvalue weighted by Crippen LogP contribution is -2.47. The monoisotopic (exact) mass is 254 g/mol. The van der Waals surface area contributed by atoms with E-state index in [-0.39, 0.29) is 23.2 Å². The molecule has 0 heterocycles. The highest BCUT2D eigenvalue weighted by Crippen LogP contribution is 2.19. The van der Waals surface area contributed by atoms with Gasteiger partial charge in [0.2, 0.25) is 0 Å². The van der Waals surface area contributed by atoms with Gasteiger partial charge in [0.15, 0.2) is 0 Å². The number of hydrogen-bond donors (Lipinski definition) is 0. The van der Waals surface area contributed by atoms with Gasteiger partial charge in [-0.3, -0.25) is 0 Å². The number of halogens is 3. The van der Waals surface area contributed by atoms with E-state index in [4.69, 9.17) is 0 Å². The van der Waals surface area contributed by atoms with Gasteiger partial charge in [0.1, 0.15) is 6.79 Å². The number of methoxy groups -OCH3 is 1. The van der Waals surface area contributed by atoms with E-state index in [1.807, 2.05) is 0 Å². The summed E-state index contributed by atoms with van der Waals surface area (Å²) in [6.07, 6.45) is -4.43. The molecule has 0 spiro atoms. The molecular weight excluding hydrogens is 240 g/mol. The molecule has 0 atom stereocenters. The van der Waals surface area contributed by atoms with E-state index in [9.17, 15) is 13.2 Å². The molecule has 17 heavy (non-hydrogen) atoms. The largest absolute Gasteiger partial charge is 0.454 e. The molecule has 0 fully saturated rings. The number of benzene rings is 1. The summed E-state index contributed by atoms with van der Waals surface area (Å²) >= 11 is 0. The Balaban J connectivity index is 0. The fourth-order valence-corrected chi connectivity index (χ4v) is 1.14. The predicted octanol–water partition coefficient (Wildman–Crippen LogP) is -0.0423. The summed E-state index contributed by atoms with van der Waals surface area (Å²) in [5, 5.41) is 0. The maximum absolute atomic E-state index is 12.5. The van der Waals surface area contributed by atoms with Crippen molar-refractivity contribution >= 4 is 12.4 Å². The zero-order valence-electron chi connectivity index (χ0n) is 9.12. The fourth-order valence-electron chi connectivity index (χ4n) is 1.14. The number of alkyl halides is 3. The van der Waals surface area contributed by atoms with Crippen molar-refractivity contribution in [2.75, 3.05) is 13.9 Å². The quantitative estimate of drug-likeness (QED) is 0.557. The van der Waals surface area contributed by atoms with Crippen LogP contribution in [0.4, 0.5) is 13.2 Å². The summed E-state index contributed by atoms with van der Waals surface area (Å²) in [7, 11) is 1.28. The molecule has 0 aromatic heterocycles. The molecule has 1 aromatic carbocycles. The highest BCUT2D eigenvalue weighted by Gasteiger charge is 2.47. The number of ether oxygens (including phenoxy) is 1. The van der Waals surface area contributed by atoms with E-state index in [1.165, 1.54) is 31.4 Å². The molecule has 0 aliphatic carbocycles. The van der Waals surface area contributed by atoms with Gasteiger partial charge in [0.25, 0.3) is 0 Å². The van der Waals surface area contributed by atoms with Crippen molar-refractivity contribution in [1.82, 2.24) is 0 Å². The lowest BCUT2D eigenvalue weighted by Gasteiger charge is -2.16. The Hall–Kier alpha value is -1.09.